The minimum Gasteiger partial charge on any atom is -0.437 e. The topological polar surface area (TPSA) is 93.6 Å². The van der Waals surface area contributed by atoms with Crippen LogP contribution in [-0.4, -0.2) is 34.1 Å². The predicted octanol–water partition coefficient (Wildman–Crippen LogP) is 1.32. The van der Waals surface area contributed by atoms with Gasteiger partial charge in [0.2, 0.25) is 5.88 Å². The summed E-state index contributed by atoms with van der Waals surface area (Å²) in [7, 11) is -0.931. The van der Waals surface area contributed by atoms with E-state index in [1.165, 1.54) is 25.2 Å². The highest BCUT2D eigenvalue weighted by molar-refractivity contribution is 6.62. The van der Waals surface area contributed by atoms with Gasteiger partial charge in [-0.15, -0.1) is 0 Å². The average molecular weight is 353 g/mol. The second-order valence-electron chi connectivity index (χ2n) is 6.87. The summed E-state index contributed by atoms with van der Waals surface area (Å²) in [5.74, 6) is 1.21. The molecular weight excluding hydrogens is 333 g/mol. The molecule has 2 aromatic rings. The number of ether oxygens (including phenoxy) is 1. The van der Waals surface area contributed by atoms with Crippen molar-refractivity contribution in [2.75, 3.05) is 0 Å². The average Bonchev–Trinajstić information content (AvgIpc) is 3.41. The van der Waals surface area contributed by atoms with Crippen LogP contribution in [0, 0.1) is 12.8 Å². The van der Waals surface area contributed by atoms with Gasteiger partial charge < -0.3 is 19.7 Å². The van der Waals surface area contributed by atoms with Gasteiger partial charge in [-0.05, 0) is 55.3 Å². The van der Waals surface area contributed by atoms with E-state index >= 15 is 0 Å². The molecule has 8 heteroatoms. The Hall–Kier alpha value is -2.45. The van der Waals surface area contributed by atoms with Gasteiger partial charge in [-0.1, -0.05) is 6.07 Å². The second-order valence-corrected chi connectivity index (χ2v) is 6.87. The van der Waals surface area contributed by atoms with Crippen molar-refractivity contribution in [3.05, 3.63) is 41.3 Å². The van der Waals surface area contributed by atoms with Crippen LogP contribution in [0.5, 0.6) is 11.6 Å². The Morgan fingerprint density at radius 1 is 1.38 bits per heavy atom. The Morgan fingerprint density at radius 2 is 2.19 bits per heavy atom. The normalized spacial score (nSPS) is 17.0. The molecule has 134 valence electrons. The fourth-order valence-electron chi connectivity index (χ4n) is 3.19. The smallest absolute Gasteiger partial charge is 0.437 e. The lowest BCUT2D eigenvalue weighted by molar-refractivity contribution is 0.0930. The maximum absolute atomic E-state index is 12.2. The Morgan fingerprint density at radius 3 is 2.88 bits per heavy atom. The third-order valence-corrected chi connectivity index (χ3v) is 4.96. The van der Waals surface area contributed by atoms with E-state index in [9.17, 15) is 9.82 Å². The van der Waals surface area contributed by atoms with Crippen LogP contribution in [0.25, 0.3) is 0 Å². The van der Waals surface area contributed by atoms with E-state index in [0.717, 1.165) is 16.6 Å². The second kappa shape index (κ2) is 6.70. The summed E-state index contributed by atoms with van der Waals surface area (Å²) in [6.45, 7) is 4.26. The maximum atomic E-state index is 12.2. The molecule has 2 aliphatic rings. The number of fused-ring (bicyclic) bond motifs is 1. The first-order chi connectivity index (χ1) is 12.5. The third kappa shape index (κ3) is 3.30. The highest BCUT2D eigenvalue weighted by atomic mass is 16.5. The van der Waals surface area contributed by atoms with E-state index in [1.807, 2.05) is 26.0 Å². The van der Waals surface area contributed by atoms with Crippen LogP contribution in [0.3, 0.4) is 0 Å². The lowest BCUT2D eigenvalue weighted by Gasteiger charge is -2.13. The number of benzene rings is 1. The molecule has 1 amide bonds. The molecule has 4 rings (SSSR count). The molecule has 1 aromatic heterocycles. The Balaban J connectivity index is 1.46. The first-order valence-corrected chi connectivity index (χ1v) is 8.75. The van der Waals surface area contributed by atoms with Crippen molar-refractivity contribution in [1.29, 1.82) is 0 Å². The maximum Gasteiger partial charge on any atom is 0.492 e. The third-order valence-electron chi connectivity index (χ3n) is 4.96. The molecule has 1 atom stereocenters. The van der Waals surface area contributed by atoms with Gasteiger partial charge in [0.15, 0.2) is 0 Å². The number of amides is 1. The molecule has 2 heterocycles. The van der Waals surface area contributed by atoms with Crippen molar-refractivity contribution in [2.45, 2.75) is 39.3 Å². The molecule has 1 aliphatic heterocycles. The molecule has 0 spiro atoms. The zero-order valence-electron chi connectivity index (χ0n) is 14.7. The van der Waals surface area contributed by atoms with Gasteiger partial charge in [0.05, 0.1) is 19.0 Å². The quantitative estimate of drug-likeness (QED) is 0.788. The molecule has 2 N–H and O–H groups in total. The fourth-order valence-corrected chi connectivity index (χ4v) is 3.19. The molecule has 1 unspecified atom stereocenters. The van der Waals surface area contributed by atoms with Crippen molar-refractivity contribution in [1.82, 2.24) is 15.3 Å². The van der Waals surface area contributed by atoms with Crippen molar-refractivity contribution in [3.63, 3.8) is 0 Å². The SMILES string of the molecule is Cc1c(Oc2cnc(C(=O)NC(C)C3CC3)cn2)ccc2c1B(O)OC2. The first-order valence-electron chi connectivity index (χ1n) is 8.75. The standard InChI is InChI=1S/C18H20BN3O4/c1-10-15(6-5-13-9-25-19(24)17(10)13)26-16-8-20-14(7-21-16)18(23)22-11(2)12-3-4-12/h5-8,11-12,24H,3-4,9H2,1-2H3,(H,22,23). The van der Waals surface area contributed by atoms with Gasteiger partial charge >= 0.3 is 7.12 Å². The zero-order valence-corrected chi connectivity index (χ0v) is 14.7. The van der Waals surface area contributed by atoms with Crippen molar-refractivity contribution < 1.29 is 19.2 Å². The monoisotopic (exact) mass is 353 g/mol. The summed E-state index contributed by atoms with van der Waals surface area (Å²) in [5.41, 5.74) is 2.75. The van der Waals surface area contributed by atoms with Gasteiger partial charge in [-0.25, -0.2) is 9.97 Å². The minimum absolute atomic E-state index is 0.155. The highest BCUT2D eigenvalue weighted by Crippen LogP contribution is 2.32. The summed E-state index contributed by atoms with van der Waals surface area (Å²) in [4.78, 5) is 20.5. The fraction of sp³-hybridized carbons (Fsp3) is 0.389. The molecule has 0 radical (unpaired) electrons. The summed E-state index contributed by atoms with van der Waals surface area (Å²) in [6.07, 6.45) is 5.17. The Labute approximate surface area is 151 Å². The molecule has 26 heavy (non-hydrogen) atoms. The summed E-state index contributed by atoms with van der Waals surface area (Å²) < 4.78 is 11.0. The summed E-state index contributed by atoms with van der Waals surface area (Å²) >= 11 is 0. The molecule has 0 saturated heterocycles. The number of aromatic nitrogens is 2. The van der Waals surface area contributed by atoms with E-state index in [-0.39, 0.29) is 23.5 Å². The van der Waals surface area contributed by atoms with Crippen LogP contribution in [0.1, 0.15) is 41.4 Å². The number of rotatable bonds is 5. The van der Waals surface area contributed by atoms with Crippen LogP contribution >= 0.6 is 0 Å². The van der Waals surface area contributed by atoms with E-state index in [4.69, 9.17) is 9.39 Å². The predicted molar refractivity (Wildman–Crippen MR) is 95.3 cm³/mol. The van der Waals surface area contributed by atoms with E-state index in [2.05, 4.69) is 15.3 Å². The molecule has 0 bridgehead atoms. The van der Waals surface area contributed by atoms with Crippen molar-refractivity contribution in [3.8, 4) is 11.6 Å². The molecule has 7 nitrogen and oxygen atoms in total. The van der Waals surface area contributed by atoms with Gasteiger partial charge in [-0.2, -0.15) is 0 Å². The van der Waals surface area contributed by atoms with E-state index in [0.29, 0.717) is 18.3 Å². The van der Waals surface area contributed by atoms with Gasteiger partial charge in [0.1, 0.15) is 11.4 Å². The van der Waals surface area contributed by atoms with Crippen LogP contribution in [0.2, 0.25) is 0 Å². The molecule has 1 saturated carbocycles. The number of hydrogen-bond acceptors (Lipinski definition) is 6. The first kappa shape index (κ1) is 17.0. The highest BCUT2D eigenvalue weighted by Gasteiger charge is 2.31. The zero-order chi connectivity index (χ0) is 18.3. The number of nitrogens with zero attached hydrogens (tertiary/aromatic N) is 2. The molecule has 1 fully saturated rings. The van der Waals surface area contributed by atoms with Gasteiger partial charge in [-0.3, -0.25) is 4.79 Å². The number of carbonyl (C=O) groups is 1. The van der Waals surface area contributed by atoms with E-state index in [1.54, 1.807) is 0 Å². The van der Waals surface area contributed by atoms with Crippen molar-refractivity contribution >= 4 is 18.5 Å². The number of hydrogen-bond donors (Lipinski definition) is 2. The lowest BCUT2D eigenvalue weighted by atomic mass is 9.76. The van der Waals surface area contributed by atoms with Gasteiger partial charge in [0, 0.05) is 6.04 Å². The Kier molecular flexibility index (Phi) is 4.38. The lowest BCUT2D eigenvalue weighted by Crippen LogP contribution is -2.34. The van der Waals surface area contributed by atoms with Crippen LogP contribution < -0.4 is 15.5 Å². The molecule has 1 aromatic carbocycles. The largest absolute Gasteiger partial charge is 0.492 e. The van der Waals surface area contributed by atoms with Crippen LogP contribution in [0.15, 0.2) is 24.5 Å². The molecular formula is C18H20BN3O4. The number of nitrogens with one attached hydrogen (secondary N) is 1. The van der Waals surface area contributed by atoms with Crippen LogP contribution in [-0.2, 0) is 11.3 Å². The molecule has 1 aliphatic carbocycles. The van der Waals surface area contributed by atoms with Crippen LogP contribution in [0.4, 0.5) is 0 Å². The van der Waals surface area contributed by atoms with Crippen molar-refractivity contribution in [2.24, 2.45) is 5.92 Å². The summed E-state index contributed by atoms with van der Waals surface area (Å²) in [6, 6.07) is 3.83. The summed E-state index contributed by atoms with van der Waals surface area (Å²) in [5, 5.41) is 12.9. The Bertz CT molecular complexity index is 839. The van der Waals surface area contributed by atoms with Gasteiger partial charge in [0.25, 0.3) is 5.91 Å². The van der Waals surface area contributed by atoms with E-state index < -0.39 is 7.12 Å². The minimum atomic E-state index is -0.931. The number of carbonyl (C=O) groups excluding carboxylic acids is 1.